The fourth-order valence-corrected chi connectivity index (χ4v) is 4.45. The minimum atomic E-state index is -0.699. The highest BCUT2D eigenvalue weighted by Gasteiger charge is 2.45. The van der Waals surface area contributed by atoms with Crippen LogP contribution in [0.1, 0.15) is 41.1 Å². The first-order valence-corrected chi connectivity index (χ1v) is 10.9. The van der Waals surface area contributed by atoms with Crippen molar-refractivity contribution in [3.63, 3.8) is 0 Å². The van der Waals surface area contributed by atoms with Crippen molar-refractivity contribution in [2.75, 3.05) is 11.5 Å². The van der Waals surface area contributed by atoms with Crippen LogP contribution in [-0.2, 0) is 0 Å². The number of aromatic nitrogens is 2. The third-order valence-electron chi connectivity index (χ3n) is 5.06. The molecule has 1 atom stereocenters. The van der Waals surface area contributed by atoms with E-state index in [9.17, 15) is 9.59 Å². The summed E-state index contributed by atoms with van der Waals surface area (Å²) in [5.74, 6) is 0.290. The molecule has 0 saturated heterocycles. The van der Waals surface area contributed by atoms with Crippen molar-refractivity contribution in [3.05, 3.63) is 80.1 Å². The lowest BCUT2D eigenvalue weighted by atomic mass is 9.98. The van der Waals surface area contributed by atoms with Crippen LogP contribution in [0.2, 0.25) is 5.02 Å². The van der Waals surface area contributed by atoms with E-state index in [1.54, 1.807) is 18.2 Å². The zero-order valence-electron chi connectivity index (χ0n) is 16.4. The minimum Gasteiger partial charge on any atom is -0.494 e. The number of amides is 1. The molecule has 31 heavy (non-hydrogen) atoms. The van der Waals surface area contributed by atoms with Gasteiger partial charge in [0.15, 0.2) is 5.43 Å². The molecule has 1 aliphatic rings. The molecule has 0 radical (unpaired) electrons. The van der Waals surface area contributed by atoms with E-state index in [1.165, 1.54) is 21.7 Å². The van der Waals surface area contributed by atoms with Gasteiger partial charge in [-0.1, -0.05) is 42.0 Å². The molecule has 0 fully saturated rings. The Morgan fingerprint density at radius 3 is 2.71 bits per heavy atom. The molecule has 5 rings (SSSR count). The number of hydrogen-bond donors (Lipinski definition) is 0. The van der Waals surface area contributed by atoms with Gasteiger partial charge in [-0.3, -0.25) is 14.5 Å². The molecule has 1 amide bonds. The molecule has 0 saturated carbocycles. The molecule has 3 heterocycles. The molecular formula is C22H16ClN3O4S. The van der Waals surface area contributed by atoms with E-state index in [0.717, 1.165) is 17.7 Å². The van der Waals surface area contributed by atoms with Crippen LogP contribution in [0.5, 0.6) is 5.75 Å². The monoisotopic (exact) mass is 453 g/mol. The average molecular weight is 454 g/mol. The number of hydrogen-bond acceptors (Lipinski definition) is 7. The van der Waals surface area contributed by atoms with Crippen molar-refractivity contribution >= 4 is 44.9 Å². The van der Waals surface area contributed by atoms with E-state index in [-0.39, 0.29) is 16.8 Å². The highest BCUT2D eigenvalue weighted by molar-refractivity contribution is 7.13. The van der Waals surface area contributed by atoms with Crippen molar-refractivity contribution in [1.29, 1.82) is 0 Å². The second-order valence-electron chi connectivity index (χ2n) is 7.03. The standard InChI is InChI=1S/C22H16ClN3O4S/c1-2-9-29-14-6-3-12(4-7-14)18-17-19(27)15-10-13(23)5-8-16(15)30-20(17)21(28)26(18)22-25-24-11-31-22/h3-8,10-11,18H,2,9H2,1H3/t18-/m1/s1. The van der Waals surface area contributed by atoms with Crippen LogP contribution in [0.4, 0.5) is 5.13 Å². The number of rotatable bonds is 5. The number of carbonyl (C=O) groups excluding carboxylic acids is 1. The lowest BCUT2D eigenvalue weighted by Crippen LogP contribution is -2.29. The topological polar surface area (TPSA) is 85.5 Å². The van der Waals surface area contributed by atoms with Crippen molar-refractivity contribution in [2.45, 2.75) is 19.4 Å². The number of halogens is 1. The van der Waals surface area contributed by atoms with Gasteiger partial charge in [-0.2, -0.15) is 0 Å². The molecule has 2 aromatic carbocycles. The molecule has 2 aromatic heterocycles. The zero-order chi connectivity index (χ0) is 21.5. The molecule has 0 bridgehead atoms. The molecule has 0 aliphatic carbocycles. The van der Waals surface area contributed by atoms with E-state index >= 15 is 0 Å². The second kappa shape index (κ2) is 7.79. The smallest absolute Gasteiger partial charge is 0.297 e. The number of carbonyl (C=O) groups is 1. The maximum Gasteiger partial charge on any atom is 0.297 e. The van der Waals surface area contributed by atoms with Crippen LogP contribution in [0.25, 0.3) is 11.0 Å². The molecule has 0 unspecified atom stereocenters. The van der Waals surface area contributed by atoms with Gasteiger partial charge in [0.1, 0.15) is 16.8 Å². The van der Waals surface area contributed by atoms with Gasteiger partial charge >= 0.3 is 0 Å². The normalized spacial score (nSPS) is 15.5. The van der Waals surface area contributed by atoms with Gasteiger partial charge in [-0.15, -0.1) is 10.2 Å². The van der Waals surface area contributed by atoms with E-state index in [2.05, 4.69) is 10.2 Å². The molecule has 0 N–H and O–H groups in total. The van der Waals surface area contributed by atoms with Crippen LogP contribution in [0.15, 0.2) is 57.2 Å². The summed E-state index contributed by atoms with van der Waals surface area (Å²) in [5, 5.41) is 9.04. The van der Waals surface area contributed by atoms with E-state index in [0.29, 0.717) is 27.7 Å². The summed E-state index contributed by atoms with van der Waals surface area (Å²) in [7, 11) is 0. The van der Waals surface area contributed by atoms with Gasteiger partial charge in [0.05, 0.1) is 23.6 Å². The second-order valence-corrected chi connectivity index (χ2v) is 8.28. The third-order valence-corrected chi connectivity index (χ3v) is 5.98. The van der Waals surface area contributed by atoms with Crippen LogP contribution < -0.4 is 15.1 Å². The van der Waals surface area contributed by atoms with Crippen molar-refractivity contribution in [1.82, 2.24) is 10.2 Å². The summed E-state index contributed by atoms with van der Waals surface area (Å²) in [6.07, 6.45) is 0.897. The Morgan fingerprint density at radius 2 is 2.00 bits per heavy atom. The highest BCUT2D eigenvalue weighted by atomic mass is 35.5. The van der Waals surface area contributed by atoms with Gasteiger partial charge in [-0.05, 0) is 42.3 Å². The first-order chi connectivity index (χ1) is 15.1. The van der Waals surface area contributed by atoms with Gasteiger partial charge in [0.2, 0.25) is 10.9 Å². The van der Waals surface area contributed by atoms with Gasteiger partial charge in [0.25, 0.3) is 5.91 Å². The Labute approximate surface area is 185 Å². The molecule has 4 aromatic rings. The Kier molecular flexibility index (Phi) is 4.95. The van der Waals surface area contributed by atoms with Crippen LogP contribution >= 0.6 is 22.9 Å². The molecule has 0 spiro atoms. The van der Waals surface area contributed by atoms with Crippen LogP contribution in [-0.4, -0.2) is 22.7 Å². The lowest BCUT2D eigenvalue weighted by Gasteiger charge is -2.22. The molecule has 9 heteroatoms. The summed E-state index contributed by atoms with van der Waals surface area (Å²) in [6.45, 7) is 2.64. The number of nitrogens with zero attached hydrogens (tertiary/aromatic N) is 3. The van der Waals surface area contributed by atoms with Gasteiger partial charge < -0.3 is 9.15 Å². The number of benzene rings is 2. The first kappa shape index (κ1) is 19.7. The highest BCUT2D eigenvalue weighted by Crippen LogP contribution is 2.42. The largest absolute Gasteiger partial charge is 0.494 e. The third kappa shape index (κ3) is 3.28. The fourth-order valence-electron chi connectivity index (χ4n) is 3.70. The summed E-state index contributed by atoms with van der Waals surface area (Å²) in [4.78, 5) is 28.3. The van der Waals surface area contributed by atoms with Crippen molar-refractivity contribution < 1.29 is 13.9 Å². The number of ether oxygens (including phenoxy) is 1. The summed E-state index contributed by atoms with van der Waals surface area (Å²) >= 11 is 7.32. The minimum absolute atomic E-state index is 0.00586. The molecule has 156 valence electrons. The van der Waals surface area contributed by atoms with E-state index in [1.807, 2.05) is 31.2 Å². The predicted octanol–water partition coefficient (Wildman–Crippen LogP) is 4.84. The van der Waals surface area contributed by atoms with Crippen LogP contribution in [0.3, 0.4) is 0 Å². The quantitative estimate of drug-likeness (QED) is 0.430. The summed E-state index contributed by atoms with van der Waals surface area (Å²) < 4.78 is 11.6. The Balaban J connectivity index is 1.71. The molecule has 1 aliphatic heterocycles. The Morgan fingerprint density at radius 1 is 1.19 bits per heavy atom. The van der Waals surface area contributed by atoms with Crippen LogP contribution in [0, 0.1) is 0 Å². The number of anilines is 1. The molecule has 7 nitrogen and oxygen atoms in total. The average Bonchev–Trinajstić information content (AvgIpc) is 3.40. The Hall–Kier alpha value is -3.23. The summed E-state index contributed by atoms with van der Waals surface area (Å²) in [6, 6.07) is 11.4. The SMILES string of the molecule is CCCOc1ccc([C@@H]2c3c(oc4ccc(Cl)cc4c3=O)C(=O)N2c2nncs2)cc1. The predicted molar refractivity (Wildman–Crippen MR) is 118 cm³/mol. The van der Waals surface area contributed by atoms with Gasteiger partial charge in [-0.25, -0.2) is 0 Å². The lowest BCUT2D eigenvalue weighted by molar-refractivity contribution is 0.0970. The fraction of sp³-hybridized carbons (Fsp3) is 0.182. The van der Waals surface area contributed by atoms with E-state index < -0.39 is 11.9 Å². The Bertz CT molecular complexity index is 1340. The first-order valence-electron chi connectivity index (χ1n) is 9.67. The maximum absolute atomic E-state index is 13.5. The zero-order valence-corrected chi connectivity index (χ0v) is 17.9. The van der Waals surface area contributed by atoms with Gasteiger partial charge in [0, 0.05) is 5.02 Å². The van der Waals surface area contributed by atoms with Crippen molar-refractivity contribution in [2.24, 2.45) is 0 Å². The molecular weight excluding hydrogens is 438 g/mol. The maximum atomic E-state index is 13.5. The van der Waals surface area contributed by atoms with E-state index in [4.69, 9.17) is 20.8 Å². The van der Waals surface area contributed by atoms with Crippen molar-refractivity contribution in [3.8, 4) is 5.75 Å². The number of fused-ring (bicyclic) bond motifs is 2. The summed E-state index contributed by atoms with van der Waals surface area (Å²) in [5.41, 5.74) is 2.55.